The van der Waals surface area contributed by atoms with Gasteiger partial charge in [0, 0.05) is 19.3 Å². The molecule has 0 amide bonds. The molecular weight excluding hydrogens is 192 g/mol. The van der Waals surface area contributed by atoms with Gasteiger partial charge in [0.05, 0.1) is 6.42 Å². The van der Waals surface area contributed by atoms with Crippen LogP contribution in [0.3, 0.4) is 0 Å². The summed E-state index contributed by atoms with van der Waals surface area (Å²) in [7, 11) is 0. The molecule has 0 aromatic carbocycles. The molecule has 0 aromatic heterocycles. The van der Waals surface area contributed by atoms with Gasteiger partial charge in [-0.1, -0.05) is 13.3 Å². The number of unbranched alkanes of at least 4 members (excludes halogenated alkanes) is 2. The quantitative estimate of drug-likeness (QED) is 0.436. The second-order valence-electron chi connectivity index (χ2n) is 3.87. The fourth-order valence-electron chi connectivity index (χ4n) is 1.36. The van der Waals surface area contributed by atoms with Crippen LogP contribution in [-0.4, -0.2) is 17.3 Å². The lowest BCUT2D eigenvalue weighted by atomic mass is 10.1. The molecular formula is C12H20O3. The van der Waals surface area contributed by atoms with E-state index in [1.54, 1.807) is 0 Å². The third-order valence-electron chi connectivity index (χ3n) is 2.25. The van der Waals surface area contributed by atoms with Crippen molar-refractivity contribution in [1.29, 1.82) is 0 Å². The van der Waals surface area contributed by atoms with Crippen LogP contribution in [0.4, 0.5) is 0 Å². The van der Waals surface area contributed by atoms with Gasteiger partial charge in [-0.3, -0.25) is 14.4 Å². The van der Waals surface area contributed by atoms with Crippen molar-refractivity contribution >= 4 is 17.3 Å². The number of ketones is 3. The minimum Gasteiger partial charge on any atom is -0.300 e. The van der Waals surface area contributed by atoms with E-state index in [0.717, 1.165) is 19.3 Å². The number of Topliss-reactive ketones (excluding diaryl/α,β-unsaturated/α-hetero) is 3. The third kappa shape index (κ3) is 9.32. The van der Waals surface area contributed by atoms with Crippen molar-refractivity contribution < 1.29 is 14.4 Å². The van der Waals surface area contributed by atoms with Crippen molar-refractivity contribution in [3.05, 3.63) is 0 Å². The van der Waals surface area contributed by atoms with Crippen molar-refractivity contribution in [2.24, 2.45) is 0 Å². The van der Waals surface area contributed by atoms with Crippen LogP contribution in [-0.2, 0) is 14.4 Å². The Hall–Kier alpha value is -0.990. The molecule has 86 valence electrons. The van der Waals surface area contributed by atoms with E-state index < -0.39 is 0 Å². The Labute approximate surface area is 91.2 Å². The molecule has 3 nitrogen and oxygen atoms in total. The topological polar surface area (TPSA) is 51.2 Å². The number of hydrogen-bond donors (Lipinski definition) is 0. The summed E-state index contributed by atoms with van der Waals surface area (Å²) >= 11 is 0. The van der Waals surface area contributed by atoms with E-state index in [1.807, 2.05) is 6.92 Å². The summed E-state index contributed by atoms with van der Waals surface area (Å²) in [6.07, 6.45) is 4.31. The van der Waals surface area contributed by atoms with E-state index in [-0.39, 0.29) is 23.8 Å². The lowest BCUT2D eigenvalue weighted by molar-refractivity contribution is -0.126. The molecule has 0 rings (SSSR count). The van der Waals surface area contributed by atoms with Crippen molar-refractivity contribution in [2.75, 3.05) is 0 Å². The monoisotopic (exact) mass is 212 g/mol. The van der Waals surface area contributed by atoms with Crippen LogP contribution < -0.4 is 0 Å². The minimum atomic E-state index is -0.0684. The number of hydrogen-bond acceptors (Lipinski definition) is 3. The van der Waals surface area contributed by atoms with Crippen LogP contribution in [0.2, 0.25) is 0 Å². The molecule has 0 radical (unpaired) electrons. The van der Waals surface area contributed by atoms with Gasteiger partial charge in [-0.25, -0.2) is 0 Å². The summed E-state index contributed by atoms with van der Waals surface area (Å²) in [6.45, 7) is 3.29. The van der Waals surface area contributed by atoms with Crippen LogP contribution in [0, 0.1) is 0 Å². The highest BCUT2D eigenvalue weighted by Crippen LogP contribution is 2.06. The molecule has 15 heavy (non-hydrogen) atoms. The zero-order valence-electron chi connectivity index (χ0n) is 9.67. The van der Waals surface area contributed by atoms with Crippen molar-refractivity contribution in [3.63, 3.8) is 0 Å². The summed E-state index contributed by atoms with van der Waals surface area (Å²) in [6, 6.07) is 0. The Balaban J connectivity index is 3.35. The highest BCUT2D eigenvalue weighted by molar-refractivity contribution is 5.97. The summed E-state index contributed by atoms with van der Waals surface area (Å²) in [5.41, 5.74) is 0. The molecule has 0 fully saturated rings. The van der Waals surface area contributed by atoms with Gasteiger partial charge in [-0.05, 0) is 19.8 Å². The molecule has 3 heteroatoms. The largest absolute Gasteiger partial charge is 0.300 e. The SMILES string of the molecule is CCC(=O)CCCCCC(=O)CC(C)=O. The molecule has 0 heterocycles. The van der Waals surface area contributed by atoms with Crippen LogP contribution in [0.1, 0.15) is 58.8 Å². The fourth-order valence-corrected chi connectivity index (χ4v) is 1.36. The molecule has 0 bridgehead atoms. The van der Waals surface area contributed by atoms with Gasteiger partial charge in [0.2, 0.25) is 0 Å². The predicted octanol–water partition coefficient (Wildman–Crippen LogP) is 2.46. The zero-order chi connectivity index (χ0) is 11.7. The number of rotatable bonds is 9. The van der Waals surface area contributed by atoms with Crippen molar-refractivity contribution in [2.45, 2.75) is 58.8 Å². The molecule has 0 saturated carbocycles. The van der Waals surface area contributed by atoms with E-state index in [4.69, 9.17) is 0 Å². The average molecular weight is 212 g/mol. The second-order valence-corrected chi connectivity index (χ2v) is 3.87. The molecule has 0 N–H and O–H groups in total. The lowest BCUT2D eigenvalue weighted by Gasteiger charge is -1.99. The van der Waals surface area contributed by atoms with E-state index in [1.165, 1.54) is 6.92 Å². The highest BCUT2D eigenvalue weighted by Gasteiger charge is 2.05. The summed E-state index contributed by atoms with van der Waals surface area (Å²) in [5.74, 6) is 0.232. The van der Waals surface area contributed by atoms with Gasteiger partial charge in [0.15, 0.2) is 0 Å². The molecule has 0 atom stereocenters. The molecule has 0 aliphatic carbocycles. The van der Waals surface area contributed by atoms with E-state index in [9.17, 15) is 14.4 Å². The minimum absolute atomic E-state index is 0.0179. The van der Waals surface area contributed by atoms with Gasteiger partial charge >= 0.3 is 0 Å². The summed E-state index contributed by atoms with van der Waals surface area (Å²) in [5, 5.41) is 0. The van der Waals surface area contributed by atoms with Gasteiger partial charge in [0.25, 0.3) is 0 Å². The van der Waals surface area contributed by atoms with Crippen LogP contribution in [0.25, 0.3) is 0 Å². The first-order chi connectivity index (χ1) is 7.06. The van der Waals surface area contributed by atoms with Crippen molar-refractivity contribution in [3.8, 4) is 0 Å². The summed E-state index contributed by atoms with van der Waals surface area (Å²) in [4.78, 5) is 32.7. The Morgan fingerprint density at radius 1 is 0.867 bits per heavy atom. The molecule has 0 aliphatic heterocycles. The highest BCUT2D eigenvalue weighted by atomic mass is 16.1. The number of carbonyl (C=O) groups is 3. The van der Waals surface area contributed by atoms with E-state index in [0.29, 0.717) is 19.3 Å². The first-order valence-corrected chi connectivity index (χ1v) is 5.59. The van der Waals surface area contributed by atoms with E-state index >= 15 is 0 Å². The van der Waals surface area contributed by atoms with Crippen LogP contribution in [0.5, 0.6) is 0 Å². The first kappa shape index (κ1) is 14.0. The maximum atomic E-state index is 11.1. The van der Waals surface area contributed by atoms with Crippen LogP contribution >= 0.6 is 0 Å². The molecule has 0 unspecified atom stereocenters. The first-order valence-electron chi connectivity index (χ1n) is 5.59. The Kier molecular flexibility index (Phi) is 7.78. The zero-order valence-corrected chi connectivity index (χ0v) is 9.67. The molecule has 0 saturated heterocycles. The standard InChI is InChI=1S/C12H20O3/c1-3-11(14)7-5-4-6-8-12(15)9-10(2)13/h3-9H2,1-2H3. The Morgan fingerprint density at radius 3 is 1.87 bits per heavy atom. The normalized spacial score (nSPS) is 10.0. The molecule has 0 spiro atoms. The average Bonchev–Trinajstić information content (AvgIpc) is 2.15. The second kappa shape index (κ2) is 8.33. The number of carbonyl (C=O) groups excluding carboxylic acids is 3. The van der Waals surface area contributed by atoms with Gasteiger partial charge in [-0.15, -0.1) is 0 Å². The van der Waals surface area contributed by atoms with Gasteiger partial charge < -0.3 is 0 Å². The Bertz CT molecular complexity index is 231. The summed E-state index contributed by atoms with van der Waals surface area (Å²) < 4.78 is 0. The van der Waals surface area contributed by atoms with E-state index in [2.05, 4.69) is 0 Å². The predicted molar refractivity (Wildman–Crippen MR) is 58.7 cm³/mol. The third-order valence-corrected chi connectivity index (χ3v) is 2.25. The van der Waals surface area contributed by atoms with Gasteiger partial charge in [-0.2, -0.15) is 0 Å². The molecule has 0 aromatic rings. The van der Waals surface area contributed by atoms with Crippen LogP contribution in [0.15, 0.2) is 0 Å². The Morgan fingerprint density at radius 2 is 1.40 bits per heavy atom. The lowest BCUT2D eigenvalue weighted by Crippen LogP contribution is -2.04. The smallest absolute Gasteiger partial charge is 0.140 e. The maximum absolute atomic E-state index is 11.1. The van der Waals surface area contributed by atoms with Crippen molar-refractivity contribution in [1.82, 2.24) is 0 Å². The fraction of sp³-hybridized carbons (Fsp3) is 0.750. The maximum Gasteiger partial charge on any atom is 0.140 e. The molecule has 0 aliphatic rings. The van der Waals surface area contributed by atoms with Gasteiger partial charge in [0.1, 0.15) is 17.3 Å².